The number of rotatable bonds is 6. The number of benzene rings is 1. The van der Waals surface area contributed by atoms with E-state index in [1.54, 1.807) is 0 Å². The van der Waals surface area contributed by atoms with Gasteiger partial charge in [-0.15, -0.1) is 0 Å². The number of likely N-dealkylation sites (N-methyl/N-ethyl adjacent to an activating group) is 1. The Kier molecular flexibility index (Phi) is 5.76. The van der Waals surface area contributed by atoms with Crippen molar-refractivity contribution >= 4 is 5.91 Å². The zero-order valence-corrected chi connectivity index (χ0v) is 13.4. The number of fused-ring (bicyclic) bond motifs is 1. The van der Waals surface area contributed by atoms with Crippen LogP contribution in [0.1, 0.15) is 37.4 Å². The van der Waals surface area contributed by atoms with Crippen molar-refractivity contribution in [3.8, 4) is 0 Å². The molecule has 2 unspecified atom stereocenters. The summed E-state index contributed by atoms with van der Waals surface area (Å²) in [5.74, 6) is 0.0831. The molecule has 1 aliphatic heterocycles. The Morgan fingerprint density at radius 3 is 3.00 bits per heavy atom. The third-order valence-corrected chi connectivity index (χ3v) is 4.48. The van der Waals surface area contributed by atoms with E-state index in [0.717, 1.165) is 31.5 Å². The van der Waals surface area contributed by atoms with E-state index in [-0.39, 0.29) is 11.9 Å². The van der Waals surface area contributed by atoms with Crippen molar-refractivity contribution in [2.24, 2.45) is 0 Å². The van der Waals surface area contributed by atoms with Crippen molar-refractivity contribution in [1.29, 1.82) is 0 Å². The van der Waals surface area contributed by atoms with Crippen LogP contribution in [-0.4, -0.2) is 43.5 Å². The van der Waals surface area contributed by atoms with Gasteiger partial charge in [0.1, 0.15) is 6.04 Å². The van der Waals surface area contributed by atoms with Gasteiger partial charge in [0.2, 0.25) is 5.91 Å². The predicted molar refractivity (Wildman–Crippen MR) is 86.3 cm³/mol. The second kappa shape index (κ2) is 7.57. The van der Waals surface area contributed by atoms with Crippen molar-refractivity contribution in [1.82, 2.24) is 15.5 Å². The molecule has 0 fully saturated rings. The van der Waals surface area contributed by atoms with Crippen LogP contribution >= 0.6 is 0 Å². The van der Waals surface area contributed by atoms with Crippen molar-refractivity contribution in [3.63, 3.8) is 0 Å². The second-order valence-electron chi connectivity index (χ2n) is 5.86. The Bertz CT molecular complexity index is 475. The highest BCUT2D eigenvalue weighted by atomic mass is 16.2. The summed E-state index contributed by atoms with van der Waals surface area (Å²) in [5.41, 5.74) is 2.41. The van der Waals surface area contributed by atoms with E-state index in [9.17, 15) is 4.79 Å². The Balaban J connectivity index is 1.87. The Morgan fingerprint density at radius 1 is 1.48 bits per heavy atom. The fraction of sp³-hybridized carbons (Fsp3) is 0.588. The van der Waals surface area contributed by atoms with E-state index in [1.807, 2.05) is 12.1 Å². The summed E-state index contributed by atoms with van der Waals surface area (Å²) >= 11 is 0. The summed E-state index contributed by atoms with van der Waals surface area (Å²) < 4.78 is 0. The monoisotopic (exact) mass is 289 g/mol. The molecule has 1 aromatic carbocycles. The van der Waals surface area contributed by atoms with Crippen LogP contribution in [0.2, 0.25) is 0 Å². The SMILES string of the molecule is CCC(C)N(C)CCNC(=O)C1NCCc2ccccc21. The molecule has 0 radical (unpaired) electrons. The topological polar surface area (TPSA) is 44.4 Å². The fourth-order valence-electron chi connectivity index (χ4n) is 2.73. The lowest BCUT2D eigenvalue weighted by Crippen LogP contribution is -2.44. The van der Waals surface area contributed by atoms with Gasteiger partial charge >= 0.3 is 0 Å². The highest BCUT2D eigenvalue weighted by molar-refractivity contribution is 5.83. The number of amides is 1. The van der Waals surface area contributed by atoms with Gasteiger partial charge in [-0.05, 0) is 37.9 Å². The van der Waals surface area contributed by atoms with Crippen LogP contribution in [0.25, 0.3) is 0 Å². The van der Waals surface area contributed by atoms with Crippen LogP contribution in [0.3, 0.4) is 0 Å². The van der Waals surface area contributed by atoms with E-state index in [4.69, 9.17) is 0 Å². The van der Waals surface area contributed by atoms with Gasteiger partial charge in [-0.1, -0.05) is 31.2 Å². The van der Waals surface area contributed by atoms with E-state index in [0.29, 0.717) is 12.6 Å². The van der Waals surface area contributed by atoms with Gasteiger partial charge in [0.05, 0.1) is 0 Å². The first-order valence-electron chi connectivity index (χ1n) is 7.92. The quantitative estimate of drug-likeness (QED) is 0.838. The average molecular weight is 289 g/mol. The molecule has 1 aromatic rings. The lowest BCUT2D eigenvalue weighted by Gasteiger charge is -2.27. The molecule has 2 N–H and O–H groups in total. The molecule has 1 heterocycles. The number of nitrogens with zero attached hydrogens (tertiary/aromatic N) is 1. The molecule has 0 aromatic heterocycles. The Labute approximate surface area is 127 Å². The van der Waals surface area contributed by atoms with Gasteiger partial charge in [-0.2, -0.15) is 0 Å². The molecule has 116 valence electrons. The van der Waals surface area contributed by atoms with Crippen molar-refractivity contribution in [3.05, 3.63) is 35.4 Å². The van der Waals surface area contributed by atoms with Gasteiger partial charge in [-0.3, -0.25) is 4.79 Å². The van der Waals surface area contributed by atoms with E-state index < -0.39 is 0 Å². The summed E-state index contributed by atoms with van der Waals surface area (Å²) in [6.07, 6.45) is 2.12. The molecular formula is C17H27N3O. The molecule has 21 heavy (non-hydrogen) atoms. The van der Waals surface area contributed by atoms with Crippen LogP contribution < -0.4 is 10.6 Å². The first-order valence-corrected chi connectivity index (χ1v) is 7.92. The molecule has 2 rings (SSSR count). The van der Waals surface area contributed by atoms with Gasteiger partial charge < -0.3 is 15.5 Å². The number of carbonyl (C=O) groups is 1. The first kappa shape index (κ1) is 16.0. The molecule has 1 amide bonds. The van der Waals surface area contributed by atoms with E-state index >= 15 is 0 Å². The van der Waals surface area contributed by atoms with Crippen molar-refractivity contribution in [2.75, 3.05) is 26.7 Å². The van der Waals surface area contributed by atoms with E-state index in [2.05, 4.69) is 48.6 Å². The second-order valence-corrected chi connectivity index (χ2v) is 5.86. The zero-order chi connectivity index (χ0) is 15.2. The summed E-state index contributed by atoms with van der Waals surface area (Å²) in [6, 6.07) is 8.56. The molecule has 0 saturated heterocycles. The van der Waals surface area contributed by atoms with E-state index in [1.165, 1.54) is 5.56 Å². The minimum atomic E-state index is -0.205. The normalized spacial score (nSPS) is 19.1. The Morgan fingerprint density at radius 2 is 2.24 bits per heavy atom. The lowest BCUT2D eigenvalue weighted by atomic mass is 9.94. The Hall–Kier alpha value is -1.39. The van der Waals surface area contributed by atoms with Crippen LogP contribution in [0.4, 0.5) is 0 Å². The lowest BCUT2D eigenvalue weighted by molar-refractivity contribution is -0.123. The third kappa shape index (κ3) is 4.05. The smallest absolute Gasteiger partial charge is 0.241 e. The molecular weight excluding hydrogens is 262 g/mol. The van der Waals surface area contributed by atoms with Crippen molar-refractivity contribution in [2.45, 2.75) is 38.8 Å². The standard InChI is InChI=1S/C17H27N3O/c1-4-13(2)20(3)12-11-19-17(21)16-15-8-6-5-7-14(15)9-10-18-16/h5-8,13,16,18H,4,9-12H2,1-3H3,(H,19,21). The maximum atomic E-state index is 12.4. The third-order valence-electron chi connectivity index (χ3n) is 4.48. The van der Waals surface area contributed by atoms with Crippen LogP contribution in [0, 0.1) is 0 Å². The van der Waals surface area contributed by atoms with Crippen LogP contribution in [0.15, 0.2) is 24.3 Å². The number of hydrogen-bond acceptors (Lipinski definition) is 3. The maximum Gasteiger partial charge on any atom is 0.241 e. The van der Waals surface area contributed by atoms with Crippen LogP contribution in [0.5, 0.6) is 0 Å². The largest absolute Gasteiger partial charge is 0.353 e. The summed E-state index contributed by atoms with van der Waals surface area (Å²) in [6.45, 7) is 6.83. The number of hydrogen-bond donors (Lipinski definition) is 2. The number of carbonyl (C=O) groups excluding carboxylic acids is 1. The average Bonchev–Trinajstić information content (AvgIpc) is 2.53. The summed E-state index contributed by atoms with van der Waals surface area (Å²) in [7, 11) is 2.11. The highest BCUT2D eigenvalue weighted by Crippen LogP contribution is 2.22. The van der Waals surface area contributed by atoms with Gasteiger partial charge in [0.15, 0.2) is 0 Å². The fourth-order valence-corrected chi connectivity index (χ4v) is 2.73. The van der Waals surface area contributed by atoms with Crippen molar-refractivity contribution < 1.29 is 4.79 Å². The summed E-state index contributed by atoms with van der Waals surface area (Å²) in [4.78, 5) is 14.7. The minimum absolute atomic E-state index is 0.0831. The van der Waals surface area contributed by atoms with Gasteiger partial charge in [-0.25, -0.2) is 0 Å². The molecule has 1 aliphatic rings. The van der Waals surface area contributed by atoms with Gasteiger partial charge in [0.25, 0.3) is 0 Å². The zero-order valence-electron chi connectivity index (χ0n) is 13.4. The van der Waals surface area contributed by atoms with Gasteiger partial charge in [0, 0.05) is 25.7 Å². The molecule has 0 bridgehead atoms. The van der Waals surface area contributed by atoms with Crippen LogP contribution in [-0.2, 0) is 11.2 Å². The first-order chi connectivity index (χ1) is 10.1. The minimum Gasteiger partial charge on any atom is -0.353 e. The molecule has 0 aliphatic carbocycles. The highest BCUT2D eigenvalue weighted by Gasteiger charge is 2.25. The number of nitrogens with one attached hydrogen (secondary N) is 2. The molecule has 0 spiro atoms. The molecule has 0 saturated carbocycles. The maximum absolute atomic E-state index is 12.4. The predicted octanol–water partition coefficient (Wildman–Crippen LogP) is 1.72. The molecule has 4 heteroatoms. The molecule has 2 atom stereocenters. The summed E-state index contributed by atoms with van der Waals surface area (Å²) in [5, 5.41) is 6.38. The molecule has 4 nitrogen and oxygen atoms in total.